The van der Waals surface area contributed by atoms with Crippen LogP contribution in [0.3, 0.4) is 0 Å². The fourth-order valence-corrected chi connectivity index (χ4v) is 6.48. The molecule has 1 N–H and O–H groups in total. The zero-order valence-corrected chi connectivity index (χ0v) is 19.3. The van der Waals surface area contributed by atoms with Crippen LogP contribution in [-0.4, -0.2) is 30.7 Å². The molecule has 3 aromatic rings. The van der Waals surface area contributed by atoms with Crippen molar-refractivity contribution in [2.45, 2.75) is 55.9 Å². The number of amides is 1. The van der Waals surface area contributed by atoms with Crippen molar-refractivity contribution in [1.29, 1.82) is 0 Å². The molecule has 0 atom stereocenters. The first-order chi connectivity index (χ1) is 16.0. The van der Waals surface area contributed by atoms with E-state index in [4.69, 9.17) is 0 Å². The summed E-state index contributed by atoms with van der Waals surface area (Å²) in [6.45, 7) is 0.427. The van der Waals surface area contributed by atoms with Gasteiger partial charge in [0.05, 0.1) is 22.8 Å². The summed E-state index contributed by atoms with van der Waals surface area (Å²) in [7, 11) is -3.78. The van der Waals surface area contributed by atoms with Crippen LogP contribution < -0.4 is 9.62 Å². The number of nitrogens with one attached hydrogen (secondary N) is 1. The molecule has 0 saturated heterocycles. The summed E-state index contributed by atoms with van der Waals surface area (Å²) in [6.07, 6.45) is 8.99. The number of carbonyl (C=O) groups is 1. The first-order valence-electron chi connectivity index (χ1n) is 11.6. The molecule has 1 amide bonds. The maximum Gasteiger partial charge on any atom is 0.264 e. The van der Waals surface area contributed by atoms with E-state index in [0.717, 1.165) is 49.8 Å². The van der Waals surface area contributed by atoms with Gasteiger partial charge in [-0.15, -0.1) is 0 Å². The summed E-state index contributed by atoms with van der Waals surface area (Å²) < 4.78 is 30.3. The molecule has 0 radical (unpaired) electrons. The Morgan fingerprint density at radius 1 is 0.970 bits per heavy atom. The number of fused-ring (bicyclic) bond motifs is 1. The summed E-state index contributed by atoms with van der Waals surface area (Å²) in [6, 6.07) is 15.9. The Morgan fingerprint density at radius 3 is 2.64 bits per heavy atom. The van der Waals surface area contributed by atoms with Gasteiger partial charge in [0.2, 0.25) is 0 Å². The number of para-hydroxylation sites is 1. The second-order valence-corrected chi connectivity index (χ2v) is 10.6. The van der Waals surface area contributed by atoms with Gasteiger partial charge in [0.1, 0.15) is 5.82 Å². The highest BCUT2D eigenvalue weighted by Gasteiger charge is 2.29. The molecule has 1 fully saturated rings. The summed E-state index contributed by atoms with van der Waals surface area (Å²) >= 11 is 0. The number of benzene rings is 2. The molecule has 2 aromatic carbocycles. The van der Waals surface area contributed by atoms with E-state index < -0.39 is 10.0 Å². The molecule has 1 saturated carbocycles. The third kappa shape index (κ3) is 4.27. The van der Waals surface area contributed by atoms with Gasteiger partial charge in [-0.25, -0.2) is 13.1 Å². The molecule has 1 aromatic heterocycles. The molecule has 7 nitrogen and oxygen atoms in total. The average Bonchev–Trinajstić information content (AvgIpc) is 3.32. The van der Waals surface area contributed by atoms with Gasteiger partial charge in [0.25, 0.3) is 15.9 Å². The second-order valence-electron chi connectivity index (χ2n) is 8.74. The van der Waals surface area contributed by atoms with Crippen LogP contribution in [0.1, 0.15) is 60.5 Å². The van der Waals surface area contributed by atoms with E-state index in [2.05, 4.69) is 10.4 Å². The summed E-state index contributed by atoms with van der Waals surface area (Å²) in [5.74, 6) is 0.300. The monoisotopic (exact) mass is 464 g/mol. The number of carbonyl (C=O) groups excluding carboxylic acids is 1. The van der Waals surface area contributed by atoms with Gasteiger partial charge in [0.15, 0.2) is 0 Å². The molecule has 1 aliphatic heterocycles. The fourth-order valence-electron chi connectivity index (χ4n) is 4.89. The molecular weight excluding hydrogens is 436 g/mol. The maximum absolute atomic E-state index is 13.5. The van der Waals surface area contributed by atoms with Crippen molar-refractivity contribution in [3.63, 3.8) is 0 Å². The zero-order valence-electron chi connectivity index (χ0n) is 18.5. The van der Waals surface area contributed by atoms with E-state index in [1.165, 1.54) is 16.8 Å². The van der Waals surface area contributed by atoms with Crippen LogP contribution in [0, 0.1) is 0 Å². The molecule has 0 bridgehead atoms. The topological polar surface area (TPSA) is 84.3 Å². The molecule has 5 rings (SSSR count). The summed E-state index contributed by atoms with van der Waals surface area (Å²) in [5.41, 5.74) is 2.05. The van der Waals surface area contributed by atoms with Crippen LogP contribution in [0.4, 0.5) is 11.5 Å². The van der Waals surface area contributed by atoms with Crippen LogP contribution in [0.15, 0.2) is 65.7 Å². The lowest BCUT2D eigenvalue weighted by Crippen LogP contribution is -2.35. The predicted octanol–water partition coefficient (Wildman–Crippen LogP) is 4.78. The average molecular weight is 465 g/mol. The van der Waals surface area contributed by atoms with Crippen LogP contribution in [0.5, 0.6) is 0 Å². The highest BCUT2D eigenvalue weighted by Crippen LogP contribution is 2.32. The molecule has 2 aliphatic rings. The maximum atomic E-state index is 13.5. The van der Waals surface area contributed by atoms with Crippen LogP contribution in [0.25, 0.3) is 0 Å². The van der Waals surface area contributed by atoms with Gasteiger partial charge < -0.3 is 5.32 Å². The molecule has 0 unspecified atom stereocenters. The number of sulfonamides is 1. The van der Waals surface area contributed by atoms with Crippen molar-refractivity contribution >= 4 is 27.4 Å². The Bertz CT molecular complexity index is 1260. The smallest absolute Gasteiger partial charge is 0.264 e. The minimum absolute atomic E-state index is 0.118. The SMILES string of the molecule is O=C(Nc1ccnn1C1CCCCC1)c1cccc(S(=O)(=O)N2CCCc3ccccc32)c1. The van der Waals surface area contributed by atoms with Crippen molar-refractivity contribution in [2.24, 2.45) is 0 Å². The minimum atomic E-state index is -3.78. The summed E-state index contributed by atoms with van der Waals surface area (Å²) in [4.78, 5) is 13.2. The zero-order chi connectivity index (χ0) is 22.8. The fraction of sp³-hybridized carbons (Fsp3) is 0.360. The van der Waals surface area contributed by atoms with Crippen LogP contribution in [-0.2, 0) is 16.4 Å². The van der Waals surface area contributed by atoms with E-state index in [0.29, 0.717) is 17.9 Å². The molecular formula is C25H28N4O3S. The highest BCUT2D eigenvalue weighted by molar-refractivity contribution is 7.92. The Labute approximate surface area is 194 Å². The van der Waals surface area contributed by atoms with E-state index in [9.17, 15) is 13.2 Å². The standard InChI is InChI=1S/C25H28N4O3S/c30-25(27-24-15-16-26-29(24)21-11-2-1-3-12-21)20-9-6-13-22(18-20)33(31,32)28-17-7-10-19-8-4-5-14-23(19)28/h4-6,8-9,13-16,18,21H,1-3,7,10-12,17H2,(H,27,30). The number of nitrogens with zero attached hydrogens (tertiary/aromatic N) is 3. The number of aryl methyl sites for hydroxylation is 1. The van der Waals surface area contributed by atoms with Crippen molar-refractivity contribution in [2.75, 3.05) is 16.2 Å². The third-order valence-electron chi connectivity index (χ3n) is 6.58. The number of aromatic nitrogens is 2. The van der Waals surface area contributed by atoms with E-state index in [1.807, 2.05) is 28.9 Å². The molecule has 2 heterocycles. The van der Waals surface area contributed by atoms with Crippen molar-refractivity contribution < 1.29 is 13.2 Å². The Morgan fingerprint density at radius 2 is 1.79 bits per heavy atom. The highest BCUT2D eigenvalue weighted by atomic mass is 32.2. The van der Waals surface area contributed by atoms with E-state index in [-0.39, 0.29) is 16.8 Å². The van der Waals surface area contributed by atoms with E-state index >= 15 is 0 Å². The van der Waals surface area contributed by atoms with Gasteiger partial charge in [-0.05, 0) is 55.5 Å². The third-order valence-corrected chi connectivity index (χ3v) is 8.39. The van der Waals surface area contributed by atoms with Gasteiger partial charge in [-0.1, -0.05) is 43.5 Å². The largest absolute Gasteiger partial charge is 0.307 e. The molecule has 33 heavy (non-hydrogen) atoms. The molecule has 0 spiro atoms. The molecule has 172 valence electrons. The minimum Gasteiger partial charge on any atom is -0.307 e. The van der Waals surface area contributed by atoms with Gasteiger partial charge in [-0.3, -0.25) is 9.10 Å². The second kappa shape index (κ2) is 9.02. The first kappa shape index (κ1) is 21.7. The number of anilines is 2. The Kier molecular flexibility index (Phi) is 5.93. The van der Waals surface area contributed by atoms with Crippen molar-refractivity contribution in [3.05, 3.63) is 71.9 Å². The van der Waals surface area contributed by atoms with Gasteiger partial charge in [-0.2, -0.15) is 5.10 Å². The number of hydrogen-bond donors (Lipinski definition) is 1. The lowest BCUT2D eigenvalue weighted by molar-refractivity contribution is 0.102. The first-order valence-corrected chi connectivity index (χ1v) is 13.0. The van der Waals surface area contributed by atoms with Gasteiger partial charge >= 0.3 is 0 Å². The lowest BCUT2D eigenvalue weighted by Gasteiger charge is -2.30. The Hall–Kier alpha value is -3.13. The Balaban J connectivity index is 1.39. The van der Waals surface area contributed by atoms with Crippen molar-refractivity contribution in [1.82, 2.24) is 9.78 Å². The van der Waals surface area contributed by atoms with Crippen LogP contribution in [0.2, 0.25) is 0 Å². The van der Waals surface area contributed by atoms with Crippen LogP contribution >= 0.6 is 0 Å². The van der Waals surface area contributed by atoms with Crippen molar-refractivity contribution in [3.8, 4) is 0 Å². The lowest BCUT2D eigenvalue weighted by atomic mass is 9.96. The quantitative estimate of drug-likeness (QED) is 0.589. The van der Waals surface area contributed by atoms with Gasteiger partial charge in [0, 0.05) is 18.2 Å². The molecule has 1 aliphatic carbocycles. The van der Waals surface area contributed by atoms with E-state index in [1.54, 1.807) is 30.5 Å². The number of rotatable bonds is 5. The normalized spacial score (nSPS) is 16.9. The molecule has 8 heteroatoms. The number of hydrogen-bond acceptors (Lipinski definition) is 4. The predicted molar refractivity (Wildman–Crippen MR) is 128 cm³/mol. The summed E-state index contributed by atoms with van der Waals surface area (Å²) in [5, 5.41) is 7.36.